The Hall–Kier alpha value is -4.00. The first-order chi connectivity index (χ1) is 21.5. The number of rotatable bonds is 19. The van der Waals surface area contributed by atoms with Crippen LogP contribution in [-0.4, -0.2) is 93.4 Å². The van der Waals surface area contributed by atoms with Gasteiger partial charge in [0.25, 0.3) is 5.91 Å². The van der Waals surface area contributed by atoms with Crippen LogP contribution in [0.2, 0.25) is 0 Å². The lowest BCUT2D eigenvalue weighted by atomic mass is 10.1. The maximum absolute atomic E-state index is 14.1. The molecule has 0 radical (unpaired) electrons. The number of halogens is 2. The van der Waals surface area contributed by atoms with Crippen LogP contribution < -0.4 is 21.1 Å². The topological polar surface area (TPSA) is 198 Å². The van der Waals surface area contributed by atoms with E-state index in [9.17, 15) is 22.4 Å². The van der Waals surface area contributed by atoms with Gasteiger partial charge < -0.3 is 35.8 Å². The van der Waals surface area contributed by atoms with Crippen molar-refractivity contribution >= 4 is 61.0 Å². The van der Waals surface area contributed by atoms with E-state index in [0.29, 0.717) is 36.5 Å². The minimum absolute atomic E-state index is 0.0443. The summed E-state index contributed by atoms with van der Waals surface area (Å²) in [4.78, 5) is 32.6. The molecule has 0 fully saturated rings. The van der Waals surface area contributed by atoms with E-state index in [1.807, 2.05) is 11.9 Å². The Morgan fingerprint density at radius 1 is 1.09 bits per heavy atom. The van der Waals surface area contributed by atoms with Crippen molar-refractivity contribution < 1.29 is 37.0 Å². The summed E-state index contributed by atoms with van der Waals surface area (Å²) in [5, 5.41) is 14.4. The summed E-state index contributed by atoms with van der Waals surface area (Å²) in [7, 11) is -1.95. The second-order valence-corrected chi connectivity index (χ2v) is 11.9. The monoisotopic (exact) mass is 709 g/mol. The van der Waals surface area contributed by atoms with Gasteiger partial charge in [-0.05, 0) is 59.4 Å². The molecule has 1 amide bonds. The lowest BCUT2D eigenvalue weighted by Gasteiger charge is -2.14. The molecule has 45 heavy (non-hydrogen) atoms. The van der Waals surface area contributed by atoms with Crippen LogP contribution >= 0.6 is 15.9 Å². The van der Waals surface area contributed by atoms with E-state index >= 15 is 0 Å². The lowest BCUT2D eigenvalue weighted by Crippen LogP contribution is -2.28. The second kappa shape index (κ2) is 17.5. The zero-order valence-electron chi connectivity index (χ0n) is 24.2. The van der Waals surface area contributed by atoms with Crippen molar-refractivity contribution in [1.29, 1.82) is 0 Å². The molecule has 242 valence electrons. The van der Waals surface area contributed by atoms with Gasteiger partial charge in [0.2, 0.25) is 16.0 Å². The van der Waals surface area contributed by atoms with Crippen molar-refractivity contribution in [3.8, 4) is 0 Å². The molecule has 0 unspecified atom stereocenters. The quantitative estimate of drug-likeness (QED) is 0.0903. The number of carboxylic acid groups (broad SMARTS) is 1. The minimum Gasteiger partial charge on any atom is -0.478 e. The third-order valence-corrected chi connectivity index (χ3v) is 7.94. The number of aliphatic carboxylic acids is 1. The van der Waals surface area contributed by atoms with Gasteiger partial charge in [-0.1, -0.05) is 12.1 Å². The Bertz CT molecular complexity index is 1590. The standard InChI is InChI=1S/C28H33BrFN7O7S/c1-37(12-3-6-24(38)39)13-15-44-17-16-43-14-11-33-45(41,42)20-9-7-19(8-10-20)34-28-32-18-21(29)27(36-28)35-23-5-2-4-22(30)25(23)26(31)40/h2-10,18,33H,11-17H2,1H3,(H2,31,40)(H,38,39)(H2,32,34,35,36)/b6-3+. The van der Waals surface area contributed by atoms with E-state index in [2.05, 4.69) is 41.3 Å². The number of hydrogen-bond acceptors (Lipinski definition) is 11. The van der Waals surface area contributed by atoms with Crippen molar-refractivity contribution in [2.75, 3.05) is 63.7 Å². The number of ether oxygens (including phenoxy) is 2. The molecule has 0 spiro atoms. The summed E-state index contributed by atoms with van der Waals surface area (Å²) in [6.45, 7) is 2.37. The molecule has 0 aliphatic heterocycles. The maximum Gasteiger partial charge on any atom is 0.328 e. The number of carboxylic acids is 1. The highest BCUT2D eigenvalue weighted by Gasteiger charge is 2.17. The van der Waals surface area contributed by atoms with Crippen LogP contribution in [0.1, 0.15) is 10.4 Å². The SMILES string of the molecule is CN(C/C=C/C(=O)O)CCOCCOCCNS(=O)(=O)c1ccc(Nc2ncc(Br)c(Nc3cccc(F)c3C(N)=O)n2)cc1. The van der Waals surface area contributed by atoms with E-state index in [1.54, 1.807) is 18.2 Å². The number of carbonyl (C=O) groups is 2. The number of aromatic nitrogens is 2. The lowest BCUT2D eigenvalue weighted by molar-refractivity contribution is -0.131. The molecule has 0 atom stereocenters. The average molecular weight is 711 g/mol. The third kappa shape index (κ3) is 11.8. The van der Waals surface area contributed by atoms with E-state index in [0.717, 1.165) is 12.1 Å². The molecule has 3 rings (SSSR count). The molecular formula is C28H33BrFN7O7S. The van der Waals surface area contributed by atoms with Gasteiger partial charge >= 0.3 is 5.97 Å². The largest absolute Gasteiger partial charge is 0.478 e. The van der Waals surface area contributed by atoms with Crippen LogP contribution in [0.5, 0.6) is 0 Å². The van der Waals surface area contributed by atoms with Gasteiger partial charge in [-0.3, -0.25) is 4.79 Å². The Morgan fingerprint density at radius 3 is 2.49 bits per heavy atom. The number of hydrogen-bond donors (Lipinski definition) is 5. The number of anilines is 4. The maximum atomic E-state index is 14.1. The molecule has 0 aliphatic carbocycles. The van der Waals surface area contributed by atoms with Crippen LogP contribution in [0.25, 0.3) is 0 Å². The molecule has 0 bridgehead atoms. The van der Waals surface area contributed by atoms with Gasteiger partial charge in [0, 0.05) is 37.6 Å². The molecule has 14 nitrogen and oxygen atoms in total. The zero-order chi connectivity index (χ0) is 32.8. The molecular weight excluding hydrogens is 677 g/mol. The van der Waals surface area contributed by atoms with Gasteiger partial charge in [-0.25, -0.2) is 27.3 Å². The number of sulfonamides is 1. The smallest absolute Gasteiger partial charge is 0.328 e. The first-order valence-corrected chi connectivity index (χ1v) is 15.7. The Labute approximate surface area is 268 Å². The highest BCUT2D eigenvalue weighted by molar-refractivity contribution is 9.10. The second-order valence-electron chi connectivity index (χ2n) is 9.32. The molecule has 2 aromatic carbocycles. The molecule has 17 heteroatoms. The highest BCUT2D eigenvalue weighted by atomic mass is 79.9. The molecule has 1 aromatic heterocycles. The van der Waals surface area contributed by atoms with Gasteiger partial charge in [0.15, 0.2) is 0 Å². The van der Waals surface area contributed by atoms with E-state index in [-0.39, 0.29) is 47.7 Å². The highest BCUT2D eigenvalue weighted by Crippen LogP contribution is 2.28. The zero-order valence-corrected chi connectivity index (χ0v) is 26.6. The molecule has 0 saturated heterocycles. The van der Waals surface area contributed by atoms with E-state index < -0.39 is 27.7 Å². The third-order valence-electron chi connectivity index (χ3n) is 5.88. The van der Waals surface area contributed by atoms with Crippen LogP contribution in [0.15, 0.2) is 70.2 Å². The summed E-state index contributed by atoms with van der Waals surface area (Å²) >= 11 is 3.31. The molecule has 0 aliphatic rings. The molecule has 0 saturated carbocycles. The number of primary amides is 1. The van der Waals surface area contributed by atoms with Crippen LogP contribution in [0.4, 0.5) is 27.5 Å². The normalized spacial score (nSPS) is 11.6. The van der Waals surface area contributed by atoms with Crippen LogP contribution in [0.3, 0.4) is 0 Å². The Balaban J connectivity index is 1.43. The van der Waals surface area contributed by atoms with E-state index in [4.69, 9.17) is 20.3 Å². The molecule has 3 aromatic rings. The summed E-state index contributed by atoms with van der Waals surface area (Å²) in [6.07, 6.45) is 4.08. The van der Waals surface area contributed by atoms with E-state index in [1.165, 1.54) is 30.5 Å². The van der Waals surface area contributed by atoms with Gasteiger partial charge in [-0.2, -0.15) is 4.98 Å². The van der Waals surface area contributed by atoms with Crippen molar-refractivity contribution in [1.82, 2.24) is 19.6 Å². The summed E-state index contributed by atoms with van der Waals surface area (Å²) in [5.74, 6) is -2.33. The fraction of sp³-hybridized carbons (Fsp3) is 0.286. The number of carbonyl (C=O) groups excluding carboxylic acids is 1. The van der Waals surface area contributed by atoms with Crippen molar-refractivity contribution in [3.63, 3.8) is 0 Å². The Kier molecular flexibility index (Phi) is 13.8. The average Bonchev–Trinajstić information content (AvgIpc) is 2.98. The summed E-state index contributed by atoms with van der Waals surface area (Å²) < 4.78 is 53.2. The number of benzene rings is 2. The number of likely N-dealkylation sites (N-methyl/N-ethyl adjacent to an activating group) is 1. The fourth-order valence-corrected chi connectivity index (χ4v) is 4.97. The minimum atomic E-state index is -3.79. The summed E-state index contributed by atoms with van der Waals surface area (Å²) in [5.41, 5.74) is 5.62. The van der Waals surface area contributed by atoms with Gasteiger partial charge in [0.1, 0.15) is 11.6 Å². The predicted molar refractivity (Wildman–Crippen MR) is 169 cm³/mol. The van der Waals surface area contributed by atoms with Crippen molar-refractivity contribution in [2.45, 2.75) is 4.90 Å². The molecule has 1 heterocycles. The van der Waals surface area contributed by atoms with Crippen molar-refractivity contribution in [3.05, 3.63) is 76.7 Å². The fourth-order valence-electron chi connectivity index (χ4n) is 3.67. The first kappa shape index (κ1) is 35.5. The number of nitrogens with one attached hydrogen (secondary N) is 3. The summed E-state index contributed by atoms with van der Waals surface area (Å²) in [6, 6.07) is 9.93. The van der Waals surface area contributed by atoms with Crippen LogP contribution in [0, 0.1) is 5.82 Å². The van der Waals surface area contributed by atoms with Crippen molar-refractivity contribution in [2.24, 2.45) is 5.73 Å². The number of amides is 1. The first-order valence-electron chi connectivity index (χ1n) is 13.4. The number of nitrogens with zero attached hydrogens (tertiary/aromatic N) is 3. The predicted octanol–water partition coefficient (Wildman–Crippen LogP) is 2.85. The molecule has 6 N–H and O–H groups in total. The Morgan fingerprint density at radius 2 is 1.80 bits per heavy atom. The van der Waals surface area contributed by atoms with Crippen LogP contribution in [-0.2, 0) is 24.3 Å². The van der Waals surface area contributed by atoms with Gasteiger partial charge in [-0.15, -0.1) is 0 Å². The van der Waals surface area contributed by atoms with Gasteiger partial charge in [0.05, 0.1) is 47.0 Å². The number of nitrogens with two attached hydrogens (primary N) is 1.